The van der Waals surface area contributed by atoms with Crippen molar-refractivity contribution < 1.29 is 0 Å². The van der Waals surface area contributed by atoms with Crippen molar-refractivity contribution >= 4 is 11.5 Å². The van der Waals surface area contributed by atoms with Crippen LogP contribution in [-0.2, 0) is 13.0 Å². The van der Waals surface area contributed by atoms with Gasteiger partial charge >= 0.3 is 0 Å². The summed E-state index contributed by atoms with van der Waals surface area (Å²) >= 11 is 0. The fourth-order valence-corrected chi connectivity index (χ4v) is 2.51. The molecule has 4 nitrogen and oxygen atoms in total. The number of fused-ring (bicyclic) bond motifs is 1. The third-order valence-electron chi connectivity index (χ3n) is 3.66. The number of nitrogens with zero attached hydrogens (tertiary/aromatic N) is 3. The summed E-state index contributed by atoms with van der Waals surface area (Å²) in [5.74, 6) is 0.930. The van der Waals surface area contributed by atoms with Crippen molar-refractivity contribution in [3.05, 3.63) is 47.9 Å². The summed E-state index contributed by atoms with van der Waals surface area (Å²) in [4.78, 5) is 11.4. The first-order chi connectivity index (χ1) is 10.0. The molecule has 1 N–H and O–H groups in total. The minimum absolute atomic E-state index is 0.0915. The molecule has 2 aromatic rings. The highest BCUT2D eigenvalue weighted by Gasteiger charge is 2.20. The van der Waals surface area contributed by atoms with E-state index >= 15 is 0 Å². The number of hydrogen-bond donors (Lipinski definition) is 1. The molecule has 1 aliphatic heterocycles. The molecule has 110 valence electrons. The van der Waals surface area contributed by atoms with Gasteiger partial charge in [-0.3, -0.25) is 4.98 Å². The molecule has 0 aliphatic carbocycles. The second-order valence-corrected chi connectivity index (χ2v) is 6.50. The Labute approximate surface area is 126 Å². The number of para-hydroxylation sites is 1. The van der Waals surface area contributed by atoms with Gasteiger partial charge in [0.05, 0.1) is 18.1 Å². The zero-order valence-corrected chi connectivity index (χ0v) is 12.9. The van der Waals surface area contributed by atoms with Gasteiger partial charge in [0.25, 0.3) is 0 Å². The topological polar surface area (TPSA) is 41.1 Å². The Morgan fingerprint density at radius 3 is 2.67 bits per heavy atom. The first kappa shape index (κ1) is 14.0. The molecular weight excluding hydrogens is 260 g/mol. The summed E-state index contributed by atoms with van der Waals surface area (Å²) in [5, 5.41) is 3.43. The van der Waals surface area contributed by atoms with E-state index in [2.05, 4.69) is 65.2 Å². The number of benzene rings is 1. The second kappa shape index (κ2) is 5.45. The summed E-state index contributed by atoms with van der Waals surface area (Å²) in [6, 6.07) is 8.50. The SMILES string of the molecule is CC(C)(C)NCc1cnc(N2CCc3ccccc32)cn1. The lowest BCUT2D eigenvalue weighted by Gasteiger charge is -2.21. The zero-order valence-electron chi connectivity index (χ0n) is 12.9. The van der Waals surface area contributed by atoms with Crippen molar-refractivity contribution in [2.45, 2.75) is 39.3 Å². The predicted octanol–water partition coefficient (Wildman–Crippen LogP) is 3.06. The summed E-state index contributed by atoms with van der Waals surface area (Å²) in [6.45, 7) is 8.17. The Bertz CT molecular complexity index is 613. The van der Waals surface area contributed by atoms with Crippen LogP contribution in [0.3, 0.4) is 0 Å². The minimum Gasteiger partial charge on any atom is -0.325 e. The Kier molecular flexibility index (Phi) is 3.64. The highest BCUT2D eigenvalue weighted by Crippen LogP contribution is 2.32. The van der Waals surface area contributed by atoms with Crippen LogP contribution in [0.5, 0.6) is 0 Å². The lowest BCUT2D eigenvalue weighted by Crippen LogP contribution is -2.35. The molecule has 0 radical (unpaired) electrons. The Hall–Kier alpha value is -1.94. The fourth-order valence-electron chi connectivity index (χ4n) is 2.51. The number of anilines is 2. The highest BCUT2D eigenvalue weighted by atomic mass is 15.2. The molecule has 0 saturated carbocycles. The monoisotopic (exact) mass is 282 g/mol. The van der Waals surface area contributed by atoms with E-state index < -0.39 is 0 Å². The fraction of sp³-hybridized carbons (Fsp3) is 0.412. The normalized spacial score (nSPS) is 14.3. The van der Waals surface area contributed by atoms with E-state index in [4.69, 9.17) is 0 Å². The van der Waals surface area contributed by atoms with Gasteiger partial charge < -0.3 is 10.2 Å². The van der Waals surface area contributed by atoms with E-state index in [9.17, 15) is 0 Å². The molecule has 4 heteroatoms. The van der Waals surface area contributed by atoms with Crippen LogP contribution in [0.15, 0.2) is 36.7 Å². The average Bonchev–Trinajstić information content (AvgIpc) is 2.89. The molecule has 0 amide bonds. The smallest absolute Gasteiger partial charge is 0.151 e. The number of rotatable bonds is 3. The molecule has 21 heavy (non-hydrogen) atoms. The molecule has 0 fully saturated rings. The molecular formula is C17H22N4. The molecule has 0 atom stereocenters. The van der Waals surface area contributed by atoms with Gasteiger partial charge in [-0.25, -0.2) is 4.98 Å². The van der Waals surface area contributed by atoms with Crippen molar-refractivity contribution in [1.29, 1.82) is 0 Å². The van der Waals surface area contributed by atoms with Crippen molar-refractivity contribution in [3.8, 4) is 0 Å². The summed E-state index contributed by atoms with van der Waals surface area (Å²) in [7, 11) is 0. The van der Waals surface area contributed by atoms with Gasteiger partial charge in [-0.1, -0.05) is 18.2 Å². The largest absolute Gasteiger partial charge is 0.325 e. The van der Waals surface area contributed by atoms with Crippen LogP contribution in [0, 0.1) is 0 Å². The molecule has 0 saturated heterocycles. The van der Waals surface area contributed by atoms with Crippen LogP contribution in [0.4, 0.5) is 11.5 Å². The van der Waals surface area contributed by atoms with E-state index in [1.54, 1.807) is 0 Å². The lowest BCUT2D eigenvalue weighted by molar-refractivity contribution is 0.421. The zero-order chi connectivity index (χ0) is 14.9. The third-order valence-corrected chi connectivity index (χ3v) is 3.66. The molecule has 2 heterocycles. The van der Waals surface area contributed by atoms with Gasteiger partial charge in [-0.15, -0.1) is 0 Å². The summed E-state index contributed by atoms with van der Waals surface area (Å²) in [6.07, 6.45) is 4.82. The van der Waals surface area contributed by atoms with Gasteiger partial charge in [0.2, 0.25) is 0 Å². The quantitative estimate of drug-likeness (QED) is 0.939. The van der Waals surface area contributed by atoms with Crippen molar-refractivity contribution in [2.75, 3.05) is 11.4 Å². The molecule has 1 aromatic heterocycles. The van der Waals surface area contributed by atoms with E-state index in [0.29, 0.717) is 0 Å². The van der Waals surface area contributed by atoms with E-state index in [-0.39, 0.29) is 5.54 Å². The maximum Gasteiger partial charge on any atom is 0.151 e. The van der Waals surface area contributed by atoms with Crippen LogP contribution in [0.2, 0.25) is 0 Å². The molecule has 0 unspecified atom stereocenters. The van der Waals surface area contributed by atoms with Crippen molar-refractivity contribution in [3.63, 3.8) is 0 Å². The van der Waals surface area contributed by atoms with Crippen LogP contribution >= 0.6 is 0 Å². The van der Waals surface area contributed by atoms with Gasteiger partial charge in [-0.05, 0) is 38.8 Å². The van der Waals surface area contributed by atoms with Crippen LogP contribution in [0.1, 0.15) is 32.0 Å². The van der Waals surface area contributed by atoms with Crippen molar-refractivity contribution in [2.24, 2.45) is 0 Å². The highest BCUT2D eigenvalue weighted by molar-refractivity contribution is 5.66. The van der Waals surface area contributed by atoms with Crippen LogP contribution < -0.4 is 10.2 Å². The van der Waals surface area contributed by atoms with Crippen molar-refractivity contribution in [1.82, 2.24) is 15.3 Å². The first-order valence-electron chi connectivity index (χ1n) is 7.44. The number of hydrogen-bond acceptors (Lipinski definition) is 4. The molecule has 0 spiro atoms. The van der Waals surface area contributed by atoms with Crippen LogP contribution in [0.25, 0.3) is 0 Å². The van der Waals surface area contributed by atoms with E-state index in [1.807, 2.05) is 12.4 Å². The minimum atomic E-state index is 0.0915. The van der Waals surface area contributed by atoms with Gasteiger partial charge in [0.1, 0.15) is 0 Å². The van der Waals surface area contributed by atoms with Crippen LogP contribution in [-0.4, -0.2) is 22.1 Å². The Morgan fingerprint density at radius 2 is 1.95 bits per heavy atom. The molecule has 1 aliphatic rings. The Balaban J connectivity index is 1.74. The molecule has 1 aromatic carbocycles. The van der Waals surface area contributed by atoms with Gasteiger partial charge in [0, 0.05) is 24.3 Å². The average molecular weight is 282 g/mol. The summed E-state index contributed by atoms with van der Waals surface area (Å²) in [5.41, 5.74) is 3.71. The van der Waals surface area contributed by atoms with Gasteiger partial charge in [0.15, 0.2) is 5.82 Å². The van der Waals surface area contributed by atoms with E-state index in [0.717, 1.165) is 31.0 Å². The predicted molar refractivity (Wildman–Crippen MR) is 85.8 cm³/mol. The maximum atomic E-state index is 4.58. The summed E-state index contributed by atoms with van der Waals surface area (Å²) < 4.78 is 0. The van der Waals surface area contributed by atoms with Gasteiger partial charge in [-0.2, -0.15) is 0 Å². The Morgan fingerprint density at radius 1 is 1.14 bits per heavy atom. The third kappa shape index (κ3) is 3.22. The molecule has 0 bridgehead atoms. The number of aromatic nitrogens is 2. The second-order valence-electron chi connectivity index (χ2n) is 6.50. The number of nitrogens with one attached hydrogen (secondary N) is 1. The standard InChI is InChI=1S/C17H22N4/c1-17(2,3)20-11-14-10-19-16(12-18-14)21-9-8-13-6-4-5-7-15(13)21/h4-7,10,12,20H,8-9,11H2,1-3H3. The maximum absolute atomic E-state index is 4.58. The van der Waals surface area contributed by atoms with E-state index in [1.165, 1.54) is 11.3 Å². The lowest BCUT2D eigenvalue weighted by atomic mass is 10.1. The first-order valence-corrected chi connectivity index (χ1v) is 7.44. The molecule has 3 rings (SSSR count).